The van der Waals surface area contributed by atoms with E-state index >= 15 is 0 Å². The van der Waals surface area contributed by atoms with Crippen molar-refractivity contribution in [2.45, 2.75) is 13.5 Å². The largest absolute Gasteiger partial charge is 0.497 e. The molecule has 5 nitrogen and oxygen atoms in total. The van der Waals surface area contributed by atoms with Crippen molar-refractivity contribution in [3.63, 3.8) is 0 Å². The summed E-state index contributed by atoms with van der Waals surface area (Å²) in [6.07, 6.45) is 0. The van der Waals surface area contributed by atoms with Crippen molar-refractivity contribution in [3.8, 4) is 22.6 Å². The van der Waals surface area contributed by atoms with Gasteiger partial charge in [0.05, 0.1) is 7.11 Å². The van der Waals surface area contributed by atoms with Crippen LogP contribution in [0, 0.1) is 12.7 Å². The molecule has 0 fully saturated rings. The molecule has 5 rings (SSSR count). The van der Waals surface area contributed by atoms with Gasteiger partial charge in [0.15, 0.2) is 6.73 Å². The standard InChI is InChI=1S/C25H20FNO4/c1-15-24-17(13-27(14-30-24)19-5-3-4-18(26)11-19)10-22-21(12-23(28)31-25(15)22)16-6-8-20(29-2)9-7-16/h3-12H,13-14H2,1-2H3. The average molecular weight is 417 g/mol. The lowest BCUT2D eigenvalue weighted by molar-refractivity contribution is 0.287. The van der Waals surface area contributed by atoms with Crippen molar-refractivity contribution in [1.82, 2.24) is 0 Å². The fourth-order valence-electron chi connectivity index (χ4n) is 4.07. The lowest BCUT2D eigenvalue weighted by Gasteiger charge is -2.32. The Balaban J connectivity index is 1.65. The van der Waals surface area contributed by atoms with Crippen LogP contribution in [-0.4, -0.2) is 13.8 Å². The molecule has 0 atom stereocenters. The third kappa shape index (κ3) is 3.40. The van der Waals surface area contributed by atoms with Crippen LogP contribution in [-0.2, 0) is 6.54 Å². The van der Waals surface area contributed by atoms with Crippen molar-refractivity contribution in [1.29, 1.82) is 0 Å². The second kappa shape index (κ2) is 7.47. The van der Waals surface area contributed by atoms with Gasteiger partial charge in [0.1, 0.15) is 22.9 Å². The van der Waals surface area contributed by atoms with Gasteiger partial charge in [0.2, 0.25) is 0 Å². The Morgan fingerprint density at radius 1 is 1.06 bits per heavy atom. The summed E-state index contributed by atoms with van der Waals surface area (Å²) in [5, 5.41) is 0.825. The zero-order valence-corrected chi connectivity index (χ0v) is 17.1. The smallest absolute Gasteiger partial charge is 0.336 e. The Labute approximate surface area is 178 Å². The molecular weight excluding hydrogens is 397 g/mol. The van der Waals surface area contributed by atoms with Gasteiger partial charge in [-0.15, -0.1) is 0 Å². The highest BCUT2D eigenvalue weighted by atomic mass is 19.1. The monoisotopic (exact) mass is 417 g/mol. The zero-order chi connectivity index (χ0) is 21.5. The zero-order valence-electron chi connectivity index (χ0n) is 17.1. The Hall–Kier alpha value is -3.80. The van der Waals surface area contributed by atoms with Gasteiger partial charge in [-0.3, -0.25) is 0 Å². The summed E-state index contributed by atoms with van der Waals surface area (Å²) in [5.41, 5.74) is 4.23. The van der Waals surface area contributed by atoms with E-state index in [4.69, 9.17) is 13.9 Å². The van der Waals surface area contributed by atoms with Gasteiger partial charge in [0.25, 0.3) is 0 Å². The number of fused-ring (bicyclic) bond motifs is 2. The summed E-state index contributed by atoms with van der Waals surface area (Å²) >= 11 is 0. The molecule has 0 N–H and O–H groups in total. The van der Waals surface area contributed by atoms with E-state index in [1.807, 2.05) is 48.2 Å². The highest BCUT2D eigenvalue weighted by Gasteiger charge is 2.24. The number of methoxy groups -OCH3 is 1. The molecule has 1 aliphatic rings. The summed E-state index contributed by atoms with van der Waals surface area (Å²) in [6, 6.07) is 17.5. The third-order valence-corrected chi connectivity index (χ3v) is 5.59. The van der Waals surface area contributed by atoms with E-state index < -0.39 is 5.63 Å². The van der Waals surface area contributed by atoms with Crippen molar-refractivity contribution >= 4 is 16.7 Å². The van der Waals surface area contributed by atoms with Crippen LogP contribution in [0.25, 0.3) is 22.1 Å². The van der Waals surface area contributed by atoms with E-state index in [-0.39, 0.29) is 12.5 Å². The number of nitrogens with zero attached hydrogens (tertiary/aromatic N) is 1. The molecule has 0 saturated carbocycles. The van der Waals surface area contributed by atoms with E-state index in [9.17, 15) is 9.18 Å². The number of aryl methyl sites for hydroxylation is 1. The van der Waals surface area contributed by atoms with Crippen LogP contribution in [0.2, 0.25) is 0 Å². The highest BCUT2D eigenvalue weighted by molar-refractivity contribution is 5.96. The van der Waals surface area contributed by atoms with Gasteiger partial charge in [-0.25, -0.2) is 9.18 Å². The van der Waals surface area contributed by atoms with Gasteiger partial charge in [-0.1, -0.05) is 18.2 Å². The van der Waals surface area contributed by atoms with E-state index in [1.165, 1.54) is 18.2 Å². The number of hydrogen-bond donors (Lipinski definition) is 0. The molecule has 0 saturated heterocycles. The number of rotatable bonds is 3. The van der Waals surface area contributed by atoms with E-state index in [0.717, 1.165) is 39.1 Å². The Morgan fingerprint density at radius 2 is 1.87 bits per heavy atom. The predicted octanol–water partition coefficient (Wildman–Crippen LogP) is 5.27. The van der Waals surface area contributed by atoms with E-state index in [1.54, 1.807) is 13.2 Å². The Kier molecular flexibility index (Phi) is 4.62. The van der Waals surface area contributed by atoms with Gasteiger partial charge in [-0.05, 0) is 54.4 Å². The molecule has 0 spiro atoms. The molecule has 6 heteroatoms. The third-order valence-electron chi connectivity index (χ3n) is 5.59. The van der Waals surface area contributed by atoms with Gasteiger partial charge in [0, 0.05) is 34.8 Å². The van der Waals surface area contributed by atoms with Crippen LogP contribution in [0.1, 0.15) is 11.1 Å². The molecule has 2 heterocycles. The van der Waals surface area contributed by atoms with Gasteiger partial charge in [-0.2, -0.15) is 0 Å². The fourth-order valence-corrected chi connectivity index (χ4v) is 4.07. The van der Waals surface area contributed by atoms with Crippen LogP contribution in [0.4, 0.5) is 10.1 Å². The molecule has 0 radical (unpaired) electrons. The minimum Gasteiger partial charge on any atom is -0.497 e. The first-order valence-corrected chi connectivity index (χ1v) is 9.91. The molecule has 0 aliphatic carbocycles. The first-order chi connectivity index (χ1) is 15.0. The van der Waals surface area contributed by atoms with Crippen LogP contribution >= 0.6 is 0 Å². The second-order valence-electron chi connectivity index (χ2n) is 7.53. The lowest BCUT2D eigenvalue weighted by Crippen LogP contribution is -2.32. The molecular formula is C25H20FNO4. The molecule has 3 aromatic carbocycles. The maximum Gasteiger partial charge on any atom is 0.336 e. The molecule has 0 unspecified atom stereocenters. The van der Waals surface area contributed by atoms with Crippen molar-refractivity contribution in [2.24, 2.45) is 0 Å². The topological polar surface area (TPSA) is 51.9 Å². The van der Waals surface area contributed by atoms with E-state index in [2.05, 4.69) is 0 Å². The normalized spacial score (nSPS) is 13.1. The number of halogens is 1. The molecule has 0 bridgehead atoms. The number of benzene rings is 3. The van der Waals surface area contributed by atoms with Crippen LogP contribution in [0.15, 0.2) is 69.9 Å². The maximum atomic E-state index is 13.7. The fraction of sp³-hybridized carbons (Fsp3) is 0.160. The number of anilines is 1. The van der Waals surface area contributed by atoms with Crippen molar-refractivity contribution < 1.29 is 18.3 Å². The van der Waals surface area contributed by atoms with E-state index in [0.29, 0.717) is 17.9 Å². The van der Waals surface area contributed by atoms with Crippen LogP contribution < -0.4 is 20.0 Å². The summed E-state index contributed by atoms with van der Waals surface area (Å²) in [5.74, 6) is 1.15. The minimum absolute atomic E-state index is 0.283. The molecule has 31 heavy (non-hydrogen) atoms. The Morgan fingerprint density at radius 3 is 2.61 bits per heavy atom. The lowest BCUT2D eigenvalue weighted by atomic mass is 9.96. The van der Waals surface area contributed by atoms with Gasteiger partial charge < -0.3 is 18.8 Å². The molecule has 4 aromatic rings. The average Bonchev–Trinajstić information content (AvgIpc) is 2.79. The number of hydrogen-bond acceptors (Lipinski definition) is 5. The van der Waals surface area contributed by atoms with Gasteiger partial charge >= 0.3 is 5.63 Å². The quantitative estimate of drug-likeness (QED) is 0.425. The first-order valence-electron chi connectivity index (χ1n) is 9.91. The van der Waals surface area contributed by atoms with Crippen LogP contribution in [0.3, 0.4) is 0 Å². The summed E-state index contributed by atoms with van der Waals surface area (Å²) in [7, 11) is 1.61. The molecule has 1 aliphatic heterocycles. The second-order valence-corrected chi connectivity index (χ2v) is 7.53. The van der Waals surface area contributed by atoms with Crippen molar-refractivity contribution in [3.05, 3.63) is 88.0 Å². The molecule has 156 valence electrons. The number of ether oxygens (including phenoxy) is 2. The summed E-state index contributed by atoms with van der Waals surface area (Å²) in [4.78, 5) is 14.3. The van der Waals surface area contributed by atoms with Crippen LogP contribution in [0.5, 0.6) is 11.5 Å². The first kappa shape index (κ1) is 19.2. The molecule has 0 amide bonds. The van der Waals surface area contributed by atoms with Crippen molar-refractivity contribution in [2.75, 3.05) is 18.7 Å². The Bertz CT molecular complexity index is 1340. The summed E-state index contributed by atoms with van der Waals surface area (Å²) < 4.78 is 30.5. The molecule has 1 aromatic heterocycles. The predicted molar refractivity (Wildman–Crippen MR) is 117 cm³/mol. The highest BCUT2D eigenvalue weighted by Crippen LogP contribution is 2.39. The maximum absolute atomic E-state index is 13.7. The SMILES string of the molecule is COc1ccc(-c2cc(=O)oc3c(C)c4c(cc23)CN(c2cccc(F)c2)CO4)cc1. The minimum atomic E-state index is -0.418. The summed E-state index contributed by atoms with van der Waals surface area (Å²) in [6.45, 7) is 2.72.